The molecule has 1 aliphatic rings. The van der Waals surface area contributed by atoms with Gasteiger partial charge >= 0.3 is 6.18 Å². The number of sulfone groups is 1. The van der Waals surface area contributed by atoms with Crippen molar-refractivity contribution < 1.29 is 31.1 Å². The number of hydrogen-bond donors (Lipinski definition) is 0. The minimum absolute atomic E-state index is 0.100. The van der Waals surface area contributed by atoms with Crippen molar-refractivity contribution in [3.05, 3.63) is 70.8 Å². The quantitative estimate of drug-likeness (QED) is 0.690. The van der Waals surface area contributed by atoms with E-state index < -0.39 is 33.5 Å². The Balaban J connectivity index is 1.82. The second kappa shape index (κ2) is 8.47. The van der Waals surface area contributed by atoms with Crippen molar-refractivity contribution in [3.63, 3.8) is 0 Å². The fraction of sp³-hybridized carbons (Fsp3) is 0.300. The summed E-state index contributed by atoms with van der Waals surface area (Å²) < 4.78 is 67.0. The van der Waals surface area contributed by atoms with Crippen LogP contribution >= 0.6 is 0 Å². The van der Waals surface area contributed by atoms with Crippen LogP contribution in [-0.2, 0) is 33.8 Å². The van der Waals surface area contributed by atoms with Crippen LogP contribution in [0.1, 0.15) is 16.7 Å². The summed E-state index contributed by atoms with van der Waals surface area (Å²) in [6.45, 7) is 0.100. The van der Waals surface area contributed by atoms with Crippen LogP contribution in [-0.4, -0.2) is 43.1 Å². The van der Waals surface area contributed by atoms with E-state index in [1.165, 1.54) is 36.4 Å². The van der Waals surface area contributed by atoms with E-state index in [0.717, 1.165) is 17.5 Å². The van der Waals surface area contributed by atoms with E-state index in [4.69, 9.17) is 4.74 Å². The molecule has 10 heteroatoms. The maximum atomic E-state index is 13.0. The van der Waals surface area contributed by atoms with E-state index in [1.807, 2.05) is 0 Å². The summed E-state index contributed by atoms with van der Waals surface area (Å²) >= 11 is 0. The van der Waals surface area contributed by atoms with Crippen LogP contribution in [0.4, 0.5) is 13.2 Å². The van der Waals surface area contributed by atoms with Gasteiger partial charge in [0.15, 0.2) is 9.84 Å². The van der Waals surface area contributed by atoms with Crippen LogP contribution < -0.4 is 4.74 Å². The molecule has 0 unspecified atom stereocenters. The minimum atomic E-state index is -4.46. The van der Waals surface area contributed by atoms with Crippen LogP contribution in [0.15, 0.2) is 54.1 Å². The first kappa shape index (κ1) is 21.8. The molecule has 1 aliphatic heterocycles. The van der Waals surface area contributed by atoms with Gasteiger partial charge in [-0.25, -0.2) is 13.4 Å². The van der Waals surface area contributed by atoms with E-state index in [9.17, 15) is 26.4 Å². The summed E-state index contributed by atoms with van der Waals surface area (Å²) in [5, 5.41) is 1.07. The molecule has 0 saturated heterocycles. The van der Waals surface area contributed by atoms with Gasteiger partial charge in [0.1, 0.15) is 0 Å². The molecular formula is C20H19F3N2O4S. The van der Waals surface area contributed by atoms with Gasteiger partial charge in [-0.15, -0.1) is 0 Å². The predicted octanol–water partition coefficient (Wildman–Crippen LogP) is 2.99. The second-order valence-electron chi connectivity index (χ2n) is 6.82. The van der Waals surface area contributed by atoms with E-state index in [2.05, 4.69) is 4.98 Å². The smallest absolute Gasteiger partial charge is 0.416 e. The second-order valence-corrected chi connectivity index (χ2v) is 8.76. The number of halogens is 3. The van der Waals surface area contributed by atoms with Gasteiger partial charge in [0, 0.05) is 24.2 Å². The molecule has 0 spiro atoms. The predicted molar refractivity (Wildman–Crippen MR) is 103 cm³/mol. The number of hydrogen-bond acceptors (Lipinski definition) is 5. The molecule has 0 aliphatic carbocycles. The van der Waals surface area contributed by atoms with Crippen LogP contribution in [0.5, 0.6) is 5.88 Å². The number of ether oxygens (including phenoxy) is 1. The summed E-state index contributed by atoms with van der Waals surface area (Å²) in [6.07, 6.45) is -1.67. The third-order valence-corrected chi connectivity index (χ3v) is 6.01. The SMILES string of the molecule is COc1cc(CN(C(=O)Cc2ccc(C(F)(F)F)cc2)[C@H]2C=CS(=O)(=O)C2)ccn1. The van der Waals surface area contributed by atoms with Crippen molar-refractivity contribution in [1.29, 1.82) is 0 Å². The molecular weight excluding hydrogens is 421 g/mol. The largest absolute Gasteiger partial charge is 0.481 e. The Hall–Kier alpha value is -2.88. The van der Waals surface area contributed by atoms with Crippen LogP contribution in [0, 0.1) is 0 Å². The normalized spacial score (nSPS) is 17.7. The van der Waals surface area contributed by atoms with Crippen molar-refractivity contribution >= 4 is 15.7 Å². The van der Waals surface area contributed by atoms with Crippen molar-refractivity contribution in [2.75, 3.05) is 12.9 Å². The number of aromatic nitrogens is 1. The van der Waals surface area contributed by atoms with Crippen LogP contribution in [0.2, 0.25) is 0 Å². The lowest BCUT2D eigenvalue weighted by atomic mass is 10.1. The first-order valence-corrected chi connectivity index (χ1v) is 10.6. The van der Waals surface area contributed by atoms with Crippen molar-refractivity contribution in [2.45, 2.75) is 25.2 Å². The van der Waals surface area contributed by atoms with Crippen molar-refractivity contribution in [2.24, 2.45) is 0 Å². The van der Waals surface area contributed by atoms with Gasteiger partial charge < -0.3 is 9.64 Å². The monoisotopic (exact) mass is 440 g/mol. The maximum absolute atomic E-state index is 13.0. The van der Waals surface area contributed by atoms with E-state index >= 15 is 0 Å². The Morgan fingerprint density at radius 2 is 1.90 bits per heavy atom. The van der Waals surface area contributed by atoms with Crippen LogP contribution in [0.25, 0.3) is 0 Å². The lowest BCUT2D eigenvalue weighted by molar-refractivity contribution is -0.137. The minimum Gasteiger partial charge on any atom is -0.481 e. The summed E-state index contributed by atoms with van der Waals surface area (Å²) in [4.78, 5) is 18.4. The zero-order valence-electron chi connectivity index (χ0n) is 16.0. The molecule has 3 rings (SSSR count). The maximum Gasteiger partial charge on any atom is 0.416 e. The highest BCUT2D eigenvalue weighted by Crippen LogP contribution is 2.29. The molecule has 0 N–H and O–H groups in total. The van der Waals surface area contributed by atoms with Gasteiger partial charge in [-0.2, -0.15) is 13.2 Å². The molecule has 0 radical (unpaired) electrons. The number of rotatable bonds is 6. The molecule has 30 heavy (non-hydrogen) atoms. The highest BCUT2D eigenvalue weighted by Gasteiger charge is 2.32. The highest BCUT2D eigenvalue weighted by atomic mass is 32.2. The van der Waals surface area contributed by atoms with E-state index in [0.29, 0.717) is 17.0 Å². The molecule has 2 aromatic rings. The third-order valence-electron chi connectivity index (χ3n) is 4.63. The zero-order valence-corrected chi connectivity index (χ0v) is 16.8. The van der Waals surface area contributed by atoms with Crippen molar-refractivity contribution in [1.82, 2.24) is 9.88 Å². The van der Waals surface area contributed by atoms with Gasteiger partial charge in [-0.3, -0.25) is 4.79 Å². The molecule has 0 saturated carbocycles. The molecule has 1 atom stereocenters. The third kappa shape index (κ3) is 5.38. The zero-order chi connectivity index (χ0) is 21.9. The summed E-state index contributed by atoms with van der Waals surface area (Å²) in [6, 6.07) is 6.96. The molecule has 2 heterocycles. The Labute approximate surface area is 171 Å². The Morgan fingerprint density at radius 3 is 2.47 bits per heavy atom. The standard InChI is InChI=1S/C20H19F3N2O4S/c1-29-18-10-15(6-8-24-18)12-25(17-7-9-30(27,28)13-17)19(26)11-14-2-4-16(5-3-14)20(21,22)23/h2-10,17H,11-13H2,1H3/t17-/m0/s1. The molecule has 1 amide bonds. The number of methoxy groups -OCH3 is 1. The van der Waals surface area contributed by atoms with Crippen molar-refractivity contribution in [3.8, 4) is 5.88 Å². The highest BCUT2D eigenvalue weighted by molar-refractivity contribution is 7.94. The fourth-order valence-corrected chi connectivity index (χ4v) is 4.39. The molecule has 0 bridgehead atoms. The molecule has 6 nitrogen and oxygen atoms in total. The molecule has 1 aromatic heterocycles. The molecule has 1 aromatic carbocycles. The summed E-state index contributed by atoms with van der Waals surface area (Å²) in [7, 11) is -1.96. The number of amides is 1. The Morgan fingerprint density at radius 1 is 1.20 bits per heavy atom. The summed E-state index contributed by atoms with van der Waals surface area (Å²) in [5.74, 6) is -0.303. The number of alkyl halides is 3. The van der Waals surface area contributed by atoms with Gasteiger partial charge in [-0.05, 0) is 35.4 Å². The Kier molecular flexibility index (Phi) is 6.16. The van der Waals surface area contributed by atoms with Gasteiger partial charge in [0.25, 0.3) is 0 Å². The fourth-order valence-electron chi connectivity index (χ4n) is 3.09. The molecule has 160 valence electrons. The lowest BCUT2D eigenvalue weighted by Crippen LogP contribution is -2.41. The lowest BCUT2D eigenvalue weighted by Gasteiger charge is -2.28. The van der Waals surface area contributed by atoms with Crippen LogP contribution in [0.3, 0.4) is 0 Å². The van der Waals surface area contributed by atoms with E-state index in [1.54, 1.807) is 12.1 Å². The first-order chi connectivity index (χ1) is 14.1. The number of benzene rings is 1. The van der Waals surface area contributed by atoms with Gasteiger partial charge in [-0.1, -0.05) is 12.1 Å². The van der Waals surface area contributed by atoms with Gasteiger partial charge in [0.2, 0.25) is 11.8 Å². The number of carbonyl (C=O) groups is 1. The first-order valence-electron chi connectivity index (χ1n) is 8.93. The average Bonchev–Trinajstić information content (AvgIpc) is 3.05. The average molecular weight is 440 g/mol. The number of pyridine rings is 1. The summed E-state index contributed by atoms with van der Waals surface area (Å²) in [5.41, 5.74) is 0.278. The Bertz CT molecular complexity index is 1050. The van der Waals surface area contributed by atoms with Gasteiger partial charge in [0.05, 0.1) is 30.9 Å². The van der Waals surface area contributed by atoms with E-state index in [-0.39, 0.29) is 18.7 Å². The number of carbonyl (C=O) groups excluding carboxylic acids is 1. The number of nitrogens with zero attached hydrogens (tertiary/aromatic N) is 2. The molecule has 0 fully saturated rings. The topological polar surface area (TPSA) is 76.6 Å².